The van der Waals surface area contributed by atoms with Gasteiger partial charge in [0.25, 0.3) is 0 Å². The molecule has 5 aliphatic rings. The molecular formula is C58H72O33. The van der Waals surface area contributed by atoms with Crippen molar-refractivity contribution in [1.82, 2.24) is 0 Å². The first-order valence-corrected chi connectivity index (χ1v) is 28.2. The number of phenols is 2. The molecular weight excluding hydrogens is 1220 g/mol. The number of ether oxygens (including phenoxy) is 14. The highest BCUT2D eigenvalue weighted by Crippen LogP contribution is 2.43. The molecule has 24 atom stereocenters. The second kappa shape index (κ2) is 31.4. The molecule has 0 aliphatic carbocycles. The zero-order valence-corrected chi connectivity index (χ0v) is 48.3. The minimum Gasteiger partial charge on any atom is -0.508 e. The quantitative estimate of drug-likeness (QED) is 0.0226. The van der Waals surface area contributed by atoms with E-state index in [0.717, 1.165) is 19.1 Å². The van der Waals surface area contributed by atoms with Crippen molar-refractivity contribution in [3.63, 3.8) is 0 Å². The van der Waals surface area contributed by atoms with Gasteiger partial charge in [-0.3, -0.25) is 4.79 Å². The fourth-order valence-electron chi connectivity index (χ4n) is 10.4. The number of methoxy groups -OCH3 is 1. The largest absolute Gasteiger partial charge is 0.508 e. The van der Waals surface area contributed by atoms with Crippen molar-refractivity contribution >= 4 is 36.0 Å². The molecule has 33 heteroatoms. The molecule has 0 bridgehead atoms. The van der Waals surface area contributed by atoms with Crippen molar-refractivity contribution in [3.8, 4) is 17.2 Å². The van der Waals surface area contributed by atoms with Crippen molar-refractivity contribution in [1.29, 1.82) is 0 Å². The number of benzene rings is 3. The molecule has 5 heterocycles. The summed E-state index contributed by atoms with van der Waals surface area (Å²) >= 11 is 0. The molecule has 8 rings (SSSR count). The molecule has 24 unspecified atom stereocenters. The minimum atomic E-state index is -2.99. The fourth-order valence-corrected chi connectivity index (χ4v) is 10.4. The van der Waals surface area contributed by atoms with Crippen LogP contribution in [-0.4, -0.2) is 294 Å². The van der Waals surface area contributed by atoms with Crippen LogP contribution in [0.5, 0.6) is 17.2 Å². The van der Waals surface area contributed by atoms with Gasteiger partial charge in [-0.25, -0.2) is 14.4 Å². The third-order valence-corrected chi connectivity index (χ3v) is 15.2. The number of hydrogen-bond acceptors (Lipinski definition) is 33. The van der Waals surface area contributed by atoms with Gasteiger partial charge in [0, 0.05) is 19.1 Å². The molecule has 5 saturated heterocycles. The van der Waals surface area contributed by atoms with Crippen LogP contribution in [0.4, 0.5) is 0 Å². The van der Waals surface area contributed by atoms with Gasteiger partial charge < -0.3 is 143 Å². The van der Waals surface area contributed by atoms with E-state index in [4.69, 9.17) is 66.3 Å². The summed E-state index contributed by atoms with van der Waals surface area (Å²) in [4.78, 5) is 55.0. The van der Waals surface area contributed by atoms with E-state index in [1.807, 2.05) is 0 Å². The Kier molecular flexibility index (Phi) is 24.3. The highest BCUT2D eigenvalue weighted by molar-refractivity contribution is 5.90. The Labute approximate surface area is 516 Å². The number of carbonyl (C=O) groups is 4. The average molecular weight is 1300 g/mol. The maximum Gasteiger partial charge on any atom is 0.338 e. The average Bonchev–Trinajstić information content (AvgIpc) is 1.74. The van der Waals surface area contributed by atoms with Gasteiger partial charge >= 0.3 is 23.9 Å². The van der Waals surface area contributed by atoms with E-state index >= 15 is 0 Å². The molecule has 0 saturated carbocycles. The zero-order chi connectivity index (χ0) is 66.0. The first kappa shape index (κ1) is 70.4. The fraction of sp³-hybridized carbons (Fsp3) is 0.552. The molecule has 3 aromatic carbocycles. The van der Waals surface area contributed by atoms with E-state index in [2.05, 4.69) is 0 Å². The number of rotatable bonds is 24. The molecule has 33 nitrogen and oxygen atoms in total. The molecule has 15 N–H and O–H groups in total. The Balaban J connectivity index is 1.29. The van der Waals surface area contributed by atoms with E-state index in [0.29, 0.717) is 5.56 Å². The topological polar surface area (TPSA) is 501 Å². The van der Waals surface area contributed by atoms with Crippen LogP contribution < -0.4 is 4.74 Å². The highest BCUT2D eigenvalue weighted by atomic mass is 16.8. The molecule has 0 amide bonds. The summed E-state index contributed by atoms with van der Waals surface area (Å²) in [6, 6.07) is 16.4. The first-order chi connectivity index (χ1) is 43.4. The van der Waals surface area contributed by atoms with E-state index < -0.39 is 210 Å². The Bertz CT molecular complexity index is 2930. The van der Waals surface area contributed by atoms with Gasteiger partial charge in [-0.2, -0.15) is 0 Å². The summed E-state index contributed by atoms with van der Waals surface area (Å²) in [5.41, 5.74) is 0.434. The molecule has 502 valence electrons. The van der Waals surface area contributed by atoms with Gasteiger partial charge in [-0.1, -0.05) is 36.4 Å². The number of aliphatic hydroxyl groups is 13. The van der Waals surface area contributed by atoms with Crippen molar-refractivity contribution in [2.75, 3.05) is 46.8 Å². The highest BCUT2D eigenvalue weighted by Gasteiger charge is 2.64. The van der Waals surface area contributed by atoms with Gasteiger partial charge in [0.15, 0.2) is 48.9 Å². The van der Waals surface area contributed by atoms with Crippen LogP contribution in [0.2, 0.25) is 0 Å². The predicted molar refractivity (Wildman–Crippen MR) is 294 cm³/mol. The van der Waals surface area contributed by atoms with Crippen molar-refractivity contribution in [2.45, 2.75) is 154 Å². The maximum atomic E-state index is 14.4. The lowest BCUT2D eigenvalue weighted by Gasteiger charge is -2.51. The molecule has 0 aromatic heterocycles. The first-order valence-electron chi connectivity index (χ1n) is 28.2. The number of phenolic OH excluding ortho intramolecular Hbond substituents is 2. The third kappa shape index (κ3) is 16.5. The summed E-state index contributed by atoms with van der Waals surface area (Å²) in [5.74, 6) is -8.15. The van der Waals surface area contributed by atoms with Crippen LogP contribution >= 0.6 is 0 Å². The van der Waals surface area contributed by atoms with E-state index in [-0.39, 0.29) is 28.4 Å². The Hall–Kier alpha value is -6.46. The Morgan fingerprint density at radius 2 is 1.04 bits per heavy atom. The normalized spacial score (nSPS) is 36.8. The van der Waals surface area contributed by atoms with Crippen LogP contribution in [0, 0.1) is 0 Å². The zero-order valence-electron chi connectivity index (χ0n) is 48.3. The summed E-state index contributed by atoms with van der Waals surface area (Å²) in [6.07, 6.45) is -45.3. The van der Waals surface area contributed by atoms with Crippen molar-refractivity contribution in [2.24, 2.45) is 0 Å². The second-order valence-corrected chi connectivity index (χ2v) is 21.4. The molecule has 0 spiro atoms. The molecule has 5 aliphatic heterocycles. The Morgan fingerprint density at radius 3 is 1.63 bits per heavy atom. The molecule has 0 radical (unpaired) electrons. The lowest BCUT2D eigenvalue weighted by molar-refractivity contribution is -0.423. The molecule has 5 fully saturated rings. The molecule has 3 aromatic rings. The molecule has 91 heavy (non-hydrogen) atoms. The number of aliphatic hydroxyl groups excluding tert-OH is 13. The van der Waals surface area contributed by atoms with Crippen molar-refractivity contribution < 1.29 is 162 Å². The Morgan fingerprint density at radius 1 is 0.516 bits per heavy atom. The second-order valence-electron chi connectivity index (χ2n) is 21.4. The van der Waals surface area contributed by atoms with Crippen LogP contribution in [-0.2, 0) is 76.0 Å². The summed E-state index contributed by atoms with van der Waals surface area (Å²) in [7, 11) is 1.25. The minimum absolute atomic E-state index is 0.0317. The lowest BCUT2D eigenvalue weighted by Crippen LogP contribution is -2.69. The number of esters is 4. The van der Waals surface area contributed by atoms with Crippen LogP contribution in [0.3, 0.4) is 0 Å². The van der Waals surface area contributed by atoms with Gasteiger partial charge in [0.1, 0.15) is 123 Å². The number of aromatic hydroxyl groups is 2. The summed E-state index contributed by atoms with van der Waals surface area (Å²) in [6.45, 7) is -5.62. The SMILES string of the molecule is COc1cc(C=CC(=O)OC2C(COC(C)=O)OC(OC3(COC(=O)C=Cc4ccc(O)cc4)OC(CO)C(O)C3OC(=O)c3ccccc3)C(OC3OC(CO)C(O)C(O)C3O)C2OC2OC(CO)C(O)C(OC3OC(CO)C(O)C(O)C3O)C2O)ccc1O. The monoisotopic (exact) mass is 1300 g/mol. The lowest BCUT2D eigenvalue weighted by atomic mass is 9.95. The third-order valence-electron chi connectivity index (χ3n) is 15.2. The van der Waals surface area contributed by atoms with Crippen LogP contribution in [0.25, 0.3) is 12.2 Å². The van der Waals surface area contributed by atoms with Gasteiger partial charge in [0.2, 0.25) is 5.79 Å². The van der Waals surface area contributed by atoms with E-state index in [1.54, 1.807) is 6.07 Å². The maximum absolute atomic E-state index is 14.4. The van der Waals surface area contributed by atoms with Gasteiger partial charge in [-0.05, 0) is 59.7 Å². The van der Waals surface area contributed by atoms with Crippen LogP contribution in [0.15, 0.2) is 84.9 Å². The smallest absolute Gasteiger partial charge is 0.338 e. The van der Waals surface area contributed by atoms with E-state index in [1.165, 1.54) is 86.0 Å². The number of hydrogen-bond donors (Lipinski definition) is 15. The standard InChI is InChI=1S/C58H72O33/c1-25(63)79-23-36-48(85-38(67)17-12-27-10-15-30(65)31(18-27)78-2)50(87-56-47(76)49(41(70)34(21-61)83-56)86-54-45(74)43(72)39(68)32(19-59)81-54)51(88-55-46(75)44(73)40(69)33(20-60)82-55)57(84-36)91-58(24-80-37(66)16-11-26-8-13-29(64)14-9-26)52(42(71)35(22-62)90-58)89-53(77)28-6-4-3-5-7-28/h3-18,32-36,39-52,54-57,59-62,64-65,68-76H,19-24H2,1-2H3. The van der Waals surface area contributed by atoms with Crippen LogP contribution in [0.1, 0.15) is 28.4 Å². The van der Waals surface area contributed by atoms with Gasteiger partial charge in [0.05, 0.1) is 39.1 Å². The van der Waals surface area contributed by atoms with Crippen molar-refractivity contribution in [3.05, 3.63) is 102 Å². The van der Waals surface area contributed by atoms with E-state index in [9.17, 15) is 95.8 Å². The summed E-state index contributed by atoms with van der Waals surface area (Å²) in [5, 5.41) is 163. The number of carbonyl (C=O) groups excluding carboxylic acids is 4. The van der Waals surface area contributed by atoms with Gasteiger partial charge in [-0.15, -0.1) is 0 Å². The summed E-state index contributed by atoms with van der Waals surface area (Å²) < 4.78 is 83.3. The predicted octanol–water partition coefficient (Wildman–Crippen LogP) is -5.54.